The van der Waals surface area contributed by atoms with E-state index in [2.05, 4.69) is 52.8 Å². The third kappa shape index (κ3) is 2.82. The summed E-state index contributed by atoms with van der Waals surface area (Å²) in [4.78, 5) is 5.71. The predicted molar refractivity (Wildman–Crippen MR) is 78.3 cm³/mol. The van der Waals surface area contributed by atoms with Gasteiger partial charge < -0.3 is 9.88 Å². The largest absolute Gasteiger partial charge is 0.355 e. The van der Waals surface area contributed by atoms with Gasteiger partial charge in [0.25, 0.3) is 0 Å². The lowest BCUT2D eigenvalue weighted by atomic mass is 9.91. The quantitative estimate of drug-likeness (QED) is 0.806. The van der Waals surface area contributed by atoms with E-state index in [1.54, 1.807) is 11.3 Å². The number of hydrogen-bond acceptors (Lipinski definition) is 3. The fraction of sp³-hybridized carbons (Fsp3) is 0.357. The van der Waals surface area contributed by atoms with Gasteiger partial charge in [0.1, 0.15) is 0 Å². The molecule has 4 heteroatoms. The first-order valence-electron chi connectivity index (χ1n) is 6.03. The van der Waals surface area contributed by atoms with Crippen LogP contribution < -0.4 is 5.32 Å². The van der Waals surface area contributed by atoms with Crippen molar-refractivity contribution < 1.29 is 0 Å². The van der Waals surface area contributed by atoms with E-state index in [0.29, 0.717) is 0 Å². The Morgan fingerprint density at radius 1 is 1.56 bits per heavy atom. The van der Waals surface area contributed by atoms with Gasteiger partial charge in [-0.05, 0) is 11.4 Å². The SMILES string of the molecule is C=CCn1ccnc1NCC(C)(C)c1cccs1. The molecule has 2 rings (SSSR count). The lowest BCUT2D eigenvalue weighted by molar-refractivity contribution is 0.565. The molecule has 0 aliphatic carbocycles. The number of hydrogen-bond donors (Lipinski definition) is 1. The Bertz CT molecular complexity index is 497. The minimum absolute atomic E-state index is 0.110. The monoisotopic (exact) mass is 261 g/mol. The van der Waals surface area contributed by atoms with E-state index in [1.165, 1.54) is 4.88 Å². The average molecular weight is 261 g/mol. The van der Waals surface area contributed by atoms with Crippen LogP contribution in [0.15, 0.2) is 42.6 Å². The summed E-state index contributed by atoms with van der Waals surface area (Å²) < 4.78 is 2.05. The second-order valence-electron chi connectivity index (χ2n) is 4.91. The van der Waals surface area contributed by atoms with Gasteiger partial charge in [0.2, 0.25) is 5.95 Å². The van der Waals surface area contributed by atoms with Crippen molar-refractivity contribution in [2.24, 2.45) is 0 Å². The lowest BCUT2D eigenvalue weighted by Crippen LogP contribution is -2.27. The molecule has 0 aliphatic rings. The average Bonchev–Trinajstić information content (AvgIpc) is 2.98. The molecule has 96 valence electrons. The Morgan fingerprint density at radius 2 is 2.39 bits per heavy atom. The number of rotatable bonds is 6. The third-order valence-electron chi connectivity index (χ3n) is 2.92. The zero-order valence-electron chi connectivity index (χ0n) is 10.9. The smallest absolute Gasteiger partial charge is 0.203 e. The van der Waals surface area contributed by atoms with Crippen molar-refractivity contribution in [1.82, 2.24) is 9.55 Å². The number of nitrogens with zero attached hydrogens (tertiary/aromatic N) is 2. The molecule has 0 aliphatic heterocycles. The Labute approximate surface area is 112 Å². The van der Waals surface area contributed by atoms with E-state index in [-0.39, 0.29) is 5.41 Å². The molecule has 1 N–H and O–H groups in total. The van der Waals surface area contributed by atoms with Gasteiger partial charge in [0, 0.05) is 35.8 Å². The molecular weight excluding hydrogens is 242 g/mol. The second-order valence-corrected chi connectivity index (χ2v) is 5.85. The summed E-state index contributed by atoms with van der Waals surface area (Å²) in [6.07, 6.45) is 5.64. The number of thiophene rings is 1. The molecule has 0 spiro atoms. The van der Waals surface area contributed by atoms with Crippen molar-refractivity contribution in [2.45, 2.75) is 25.8 Å². The highest BCUT2D eigenvalue weighted by molar-refractivity contribution is 7.10. The molecular formula is C14H19N3S. The maximum Gasteiger partial charge on any atom is 0.203 e. The van der Waals surface area contributed by atoms with Gasteiger partial charge in [-0.2, -0.15) is 0 Å². The van der Waals surface area contributed by atoms with Gasteiger partial charge in [-0.1, -0.05) is 26.0 Å². The van der Waals surface area contributed by atoms with Crippen molar-refractivity contribution in [2.75, 3.05) is 11.9 Å². The van der Waals surface area contributed by atoms with Crippen molar-refractivity contribution in [1.29, 1.82) is 0 Å². The molecule has 0 fully saturated rings. The maximum atomic E-state index is 4.33. The maximum absolute atomic E-state index is 4.33. The molecule has 0 unspecified atom stereocenters. The number of allylic oxidation sites excluding steroid dienone is 1. The van der Waals surface area contributed by atoms with E-state index in [9.17, 15) is 0 Å². The molecule has 2 aromatic rings. The van der Waals surface area contributed by atoms with Crippen LogP contribution >= 0.6 is 11.3 Å². The van der Waals surface area contributed by atoms with Gasteiger partial charge in [0.15, 0.2) is 0 Å². The van der Waals surface area contributed by atoms with Crippen LogP contribution in [0.4, 0.5) is 5.95 Å². The summed E-state index contributed by atoms with van der Waals surface area (Å²) in [6.45, 7) is 9.88. The topological polar surface area (TPSA) is 29.9 Å². The molecule has 0 radical (unpaired) electrons. The van der Waals surface area contributed by atoms with Crippen LogP contribution in [-0.2, 0) is 12.0 Å². The number of anilines is 1. The van der Waals surface area contributed by atoms with Crippen LogP contribution in [-0.4, -0.2) is 16.1 Å². The van der Waals surface area contributed by atoms with E-state index < -0.39 is 0 Å². The first-order valence-corrected chi connectivity index (χ1v) is 6.91. The van der Waals surface area contributed by atoms with Crippen molar-refractivity contribution in [3.63, 3.8) is 0 Å². The Balaban J connectivity index is 2.03. The van der Waals surface area contributed by atoms with Crippen molar-refractivity contribution in [3.8, 4) is 0 Å². The summed E-state index contributed by atoms with van der Waals surface area (Å²) in [7, 11) is 0. The zero-order valence-corrected chi connectivity index (χ0v) is 11.7. The van der Waals surface area contributed by atoms with Gasteiger partial charge in [-0.3, -0.25) is 0 Å². The highest BCUT2D eigenvalue weighted by Crippen LogP contribution is 2.27. The first-order chi connectivity index (χ1) is 8.63. The van der Waals surface area contributed by atoms with Crippen LogP contribution in [0.5, 0.6) is 0 Å². The van der Waals surface area contributed by atoms with Crippen LogP contribution in [0, 0.1) is 0 Å². The van der Waals surface area contributed by atoms with Gasteiger partial charge in [-0.25, -0.2) is 4.98 Å². The number of nitrogens with one attached hydrogen (secondary N) is 1. The molecule has 0 bridgehead atoms. The van der Waals surface area contributed by atoms with Gasteiger partial charge in [0.05, 0.1) is 0 Å². The third-order valence-corrected chi connectivity index (χ3v) is 4.15. The normalized spacial score (nSPS) is 11.4. The fourth-order valence-electron chi connectivity index (χ4n) is 1.81. The molecule has 2 heterocycles. The summed E-state index contributed by atoms with van der Waals surface area (Å²) in [6, 6.07) is 4.28. The van der Waals surface area contributed by atoms with Crippen LogP contribution in [0.25, 0.3) is 0 Å². The Hall–Kier alpha value is -1.55. The van der Waals surface area contributed by atoms with Crippen molar-refractivity contribution in [3.05, 3.63) is 47.4 Å². The van der Waals surface area contributed by atoms with Crippen molar-refractivity contribution >= 4 is 17.3 Å². The lowest BCUT2D eigenvalue weighted by Gasteiger charge is -2.24. The highest BCUT2D eigenvalue weighted by atomic mass is 32.1. The van der Waals surface area contributed by atoms with E-state index in [4.69, 9.17) is 0 Å². The van der Waals surface area contributed by atoms with E-state index >= 15 is 0 Å². The first kappa shape index (κ1) is 12.9. The molecule has 0 atom stereocenters. The van der Waals surface area contributed by atoms with Crippen LogP contribution in [0.3, 0.4) is 0 Å². The summed E-state index contributed by atoms with van der Waals surface area (Å²) in [5.74, 6) is 0.902. The van der Waals surface area contributed by atoms with E-state index in [0.717, 1.165) is 19.0 Å². The van der Waals surface area contributed by atoms with Crippen LogP contribution in [0.1, 0.15) is 18.7 Å². The standard InChI is InChI=1S/C14H19N3S/c1-4-8-17-9-7-15-13(17)16-11-14(2,3)12-6-5-10-18-12/h4-7,9-10H,1,8,11H2,2-3H3,(H,15,16). The molecule has 2 aromatic heterocycles. The summed E-state index contributed by atoms with van der Waals surface area (Å²) >= 11 is 1.80. The van der Waals surface area contributed by atoms with Gasteiger partial charge in [-0.15, -0.1) is 17.9 Å². The fourth-order valence-corrected chi connectivity index (χ4v) is 2.67. The Kier molecular flexibility index (Phi) is 3.87. The molecule has 0 aromatic carbocycles. The minimum atomic E-state index is 0.110. The molecule has 18 heavy (non-hydrogen) atoms. The van der Waals surface area contributed by atoms with Gasteiger partial charge >= 0.3 is 0 Å². The minimum Gasteiger partial charge on any atom is -0.355 e. The second kappa shape index (κ2) is 5.40. The Morgan fingerprint density at radius 3 is 3.06 bits per heavy atom. The summed E-state index contributed by atoms with van der Waals surface area (Å²) in [5, 5.41) is 5.54. The predicted octanol–water partition coefficient (Wildman–Crippen LogP) is 3.52. The summed E-state index contributed by atoms with van der Waals surface area (Å²) in [5.41, 5.74) is 0.110. The van der Waals surface area contributed by atoms with E-state index in [1.807, 2.05) is 18.5 Å². The number of aromatic nitrogens is 2. The molecule has 0 amide bonds. The zero-order chi connectivity index (χ0) is 13.0. The molecule has 0 saturated heterocycles. The highest BCUT2D eigenvalue weighted by Gasteiger charge is 2.21. The molecule has 0 saturated carbocycles. The van der Waals surface area contributed by atoms with Crippen LogP contribution in [0.2, 0.25) is 0 Å². The number of imidazole rings is 1. The molecule has 3 nitrogen and oxygen atoms in total.